The lowest BCUT2D eigenvalue weighted by Gasteiger charge is -2.13. The predicted molar refractivity (Wildman–Crippen MR) is 58.0 cm³/mol. The molecular formula is C9H10Cl2FNO2. The van der Waals surface area contributed by atoms with Crippen LogP contribution in [0.25, 0.3) is 0 Å². The zero-order valence-electron chi connectivity index (χ0n) is 7.67. The van der Waals surface area contributed by atoms with Gasteiger partial charge < -0.3 is 15.5 Å². The quantitative estimate of drug-likeness (QED) is 0.769. The number of rotatable bonds is 4. The molecule has 1 aromatic carbocycles. The fourth-order valence-electron chi connectivity index (χ4n) is 0.996. The maximum absolute atomic E-state index is 12.8. The molecule has 0 fully saturated rings. The van der Waals surface area contributed by atoms with Crippen molar-refractivity contribution in [2.75, 3.05) is 18.5 Å². The molecule has 0 spiro atoms. The number of aliphatic hydroxyl groups excluding tert-OH is 2. The fourth-order valence-corrected chi connectivity index (χ4v) is 1.59. The van der Waals surface area contributed by atoms with E-state index < -0.39 is 11.9 Å². The summed E-state index contributed by atoms with van der Waals surface area (Å²) in [6.45, 7) is -0.287. The van der Waals surface area contributed by atoms with Crippen molar-refractivity contribution < 1.29 is 14.6 Å². The molecule has 0 bridgehead atoms. The summed E-state index contributed by atoms with van der Waals surface area (Å²) in [6, 6.07) is 2.22. The third-order valence-electron chi connectivity index (χ3n) is 1.73. The minimum Gasteiger partial charge on any atom is -0.394 e. The van der Waals surface area contributed by atoms with Crippen LogP contribution in [0.15, 0.2) is 12.1 Å². The van der Waals surface area contributed by atoms with Gasteiger partial charge >= 0.3 is 0 Å². The van der Waals surface area contributed by atoms with E-state index in [1.165, 1.54) is 0 Å². The minimum absolute atomic E-state index is 0.0849. The molecule has 0 aliphatic carbocycles. The van der Waals surface area contributed by atoms with Crippen LogP contribution >= 0.6 is 23.2 Å². The van der Waals surface area contributed by atoms with E-state index in [4.69, 9.17) is 33.4 Å². The zero-order valence-corrected chi connectivity index (χ0v) is 9.19. The summed E-state index contributed by atoms with van der Waals surface area (Å²) < 4.78 is 12.8. The zero-order chi connectivity index (χ0) is 11.4. The largest absolute Gasteiger partial charge is 0.394 e. The maximum Gasteiger partial charge on any atom is 0.126 e. The van der Waals surface area contributed by atoms with E-state index in [9.17, 15) is 4.39 Å². The molecular weight excluding hydrogens is 244 g/mol. The highest BCUT2D eigenvalue weighted by Crippen LogP contribution is 2.31. The monoisotopic (exact) mass is 253 g/mol. The van der Waals surface area contributed by atoms with Crippen LogP contribution in [0.4, 0.5) is 10.1 Å². The molecule has 1 unspecified atom stereocenters. The van der Waals surface area contributed by atoms with Crippen LogP contribution in [0, 0.1) is 5.82 Å². The Bertz CT molecular complexity index is 326. The molecule has 1 aromatic rings. The first-order valence-corrected chi connectivity index (χ1v) is 4.97. The van der Waals surface area contributed by atoms with Crippen LogP contribution in [-0.4, -0.2) is 29.5 Å². The van der Waals surface area contributed by atoms with Gasteiger partial charge in [-0.3, -0.25) is 0 Å². The summed E-state index contributed by atoms with van der Waals surface area (Å²) in [7, 11) is 0. The lowest BCUT2D eigenvalue weighted by molar-refractivity contribution is 0.105. The van der Waals surface area contributed by atoms with Crippen molar-refractivity contribution in [3.8, 4) is 0 Å². The first-order valence-electron chi connectivity index (χ1n) is 4.22. The van der Waals surface area contributed by atoms with Crippen LogP contribution in [0.3, 0.4) is 0 Å². The lowest BCUT2D eigenvalue weighted by atomic mass is 10.3. The molecule has 84 valence electrons. The van der Waals surface area contributed by atoms with E-state index >= 15 is 0 Å². The molecule has 1 rings (SSSR count). The Kier molecular flexibility index (Phi) is 4.60. The summed E-state index contributed by atoms with van der Waals surface area (Å²) in [5, 5.41) is 20.6. The first-order chi connectivity index (χ1) is 7.04. The van der Waals surface area contributed by atoms with Crippen molar-refractivity contribution in [3.63, 3.8) is 0 Å². The standard InChI is InChI=1S/C9H10Cl2FNO2/c10-7-1-5(12)2-8(11)9(7)13-3-6(15)4-14/h1-2,6,13-15H,3-4H2. The van der Waals surface area contributed by atoms with Gasteiger partial charge in [0, 0.05) is 6.54 Å². The molecule has 1 atom stereocenters. The minimum atomic E-state index is -0.915. The van der Waals surface area contributed by atoms with Gasteiger partial charge in [0.15, 0.2) is 0 Å². The predicted octanol–water partition coefficient (Wildman–Crippen LogP) is 1.90. The third-order valence-corrected chi connectivity index (χ3v) is 2.33. The normalized spacial score (nSPS) is 12.6. The van der Waals surface area contributed by atoms with Gasteiger partial charge in [0.2, 0.25) is 0 Å². The number of nitrogens with one attached hydrogen (secondary N) is 1. The Balaban J connectivity index is 2.77. The fraction of sp³-hybridized carbons (Fsp3) is 0.333. The van der Waals surface area contributed by atoms with Gasteiger partial charge in [-0.05, 0) is 12.1 Å². The SMILES string of the molecule is OCC(O)CNc1c(Cl)cc(F)cc1Cl. The Morgan fingerprint density at radius 1 is 1.33 bits per heavy atom. The molecule has 0 aliphatic heterocycles. The molecule has 0 amide bonds. The van der Waals surface area contributed by atoms with Gasteiger partial charge in [-0.2, -0.15) is 0 Å². The van der Waals surface area contributed by atoms with Gasteiger partial charge in [0.05, 0.1) is 28.4 Å². The van der Waals surface area contributed by atoms with Gasteiger partial charge in [0.25, 0.3) is 0 Å². The molecule has 0 aromatic heterocycles. The van der Waals surface area contributed by atoms with Gasteiger partial charge in [-0.15, -0.1) is 0 Å². The van der Waals surface area contributed by atoms with E-state index in [0.29, 0.717) is 5.69 Å². The number of hydrogen-bond acceptors (Lipinski definition) is 3. The number of hydrogen-bond donors (Lipinski definition) is 3. The van der Waals surface area contributed by atoms with Crippen LogP contribution in [0.5, 0.6) is 0 Å². The number of benzene rings is 1. The Morgan fingerprint density at radius 3 is 2.33 bits per heavy atom. The lowest BCUT2D eigenvalue weighted by Crippen LogP contribution is -2.23. The third kappa shape index (κ3) is 3.50. The maximum atomic E-state index is 12.8. The van der Waals surface area contributed by atoms with E-state index in [0.717, 1.165) is 12.1 Å². The second-order valence-corrected chi connectivity index (χ2v) is 3.78. The van der Waals surface area contributed by atoms with Crippen LogP contribution < -0.4 is 5.32 Å². The number of aliphatic hydroxyl groups is 2. The molecule has 15 heavy (non-hydrogen) atoms. The van der Waals surface area contributed by atoms with Gasteiger partial charge in [-0.1, -0.05) is 23.2 Å². The van der Waals surface area contributed by atoms with Crippen molar-refractivity contribution in [1.29, 1.82) is 0 Å². The highest BCUT2D eigenvalue weighted by atomic mass is 35.5. The van der Waals surface area contributed by atoms with Crippen LogP contribution in [0.2, 0.25) is 10.0 Å². The van der Waals surface area contributed by atoms with Crippen LogP contribution in [0.1, 0.15) is 0 Å². The van der Waals surface area contributed by atoms with Crippen molar-refractivity contribution in [2.45, 2.75) is 6.10 Å². The summed E-state index contributed by atoms with van der Waals surface area (Å²) >= 11 is 11.5. The van der Waals surface area contributed by atoms with Gasteiger partial charge in [-0.25, -0.2) is 4.39 Å². The van der Waals surface area contributed by atoms with Crippen molar-refractivity contribution >= 4 is 28.9 Å². The van der Waals surface area contributed by atoms with Gasteiger partial charge in [0.1, 0.15) is 5.82 Å². The van der Waals surface area contributed by atoms with E-state index in [1.807, 2.05) is 0 Å². The van der Waals surface area contributed by atoms with E-state index in [1.54, 1.807) is 0 Å². The Morgan fingerprint density at radius 2 is 1.87 bits per heavy atom. The summed E-state index contributed by atoms with van der Waals surface area (Å²) in [4.78, 5) is 0. The van der Waals surface area contributed by atoms with Crippen molar-refractivity contribution in [3.05, 3.63) is 28.0 Å². The van der Waals surface area contributed by atoms with Crippen molar-refractivity contribution in [2.24, 2.45) is 0 Å². The molecule has 0 heterocycles. The average Bonchev–Trinajstić information content (AvgIpc) is 2.15. The highest BCUT2D eigenvalue weighted by molar-refractivity contribution is 6.39. The molecule has 0 aliphatic rings. The topological polar surface area (TPSA) is 52.5 Å². The van der Waals surface area contributed by atoms with Crippen LogP contribution in [-0.2, 0) is 0 Å². The second kappa shape index (κ2) is 5.51. The molecule has 6 heteroatoms. The van der Waals surface area contributed by atoms with Crippen molar-refractivity contribution in [1.82, 2.24) is 0 Å². The smallest absolute Gasteiger partial charge is 0.126 e. The molecule has 3 nitrogen and oxygen atoms in total. The molecule has 3 N–H and O–H groups in total. The summed E-state index contributed by atoms with van der Waals surface area (Å²) in [5.41, 5.74) is 0.340. The van der Waals surface area contributed by atoms with E-state index in [2.05, 4.69) is 5.32 Å². The van der Waals surface area contributed by atoms with E-state index in [-0.39, 0.29) is 23.2 Å². The average molecular weight is 254 g/mol. The second-order valence-electron chi connectivity index (χ2n) is 2.96. The highest BCUT2D eigenvalue weighted by Gasteiger charge is 2.09. The number of anilines is 1. The summed E-state index contributed by atoms with van der Waals surface area (Å²) in [6.07, 6.45) is -0.915. The Hall–Kier alpha value is -0.550. The summed E-state index contributed by atoms with van der Waals surface area (Å²) in [5.74, 6) is -0.529. The molecule has 0 radical (unpaired) electrons. The Labute approximate surface area is 96.4 Å². The molecule has 0 saturated heterocycles. The first kappa shape index (κ1) is 12.5. The molecule has 0 saturated carbocycles. The number of halogens is 3.